The number of benzene rings is 4. The topological polar surface area (TPSA) is 105 Å². The van der Waals surface area contributed by atoms with Crippen LogP contribution in [0.1, 0.15) is 54.4 Å². The Balaban J connectivity index is 0.000000310. The van der Waals surface area contributed by atoms with Gasteiger partial charge in [0.2, 0.25) is 0 Å². The number of rotatable bonds is 20. The minimum absolute atomic E-state index is 0.0864. The highest BCUT2D eigenvalue weighted by Gasteiger charge is 2.51. The molecule has 0 N–H and O–H groups in total. The van der Waals surface area contributed by atoms with Gasteiger partial charge < -0.3 is 8.85 Å². The van der Waals surface area contributed by atoms with Crippen molar-refractivity contribution in [1.82, 2.24) is 0 Å². The fourth-order valence-corrected chi connectivity index (χ4v) is 17.4. The average molecular weight is 865 g/mol. The predicted molar refractivity (Wildman–Crippen MR) is 245 cm³/mol. The molecule has 8 nitrogen and oxygen atoms in total. The Morgan fingerprint density at radius 1 is 0.483 bits per heavy atom. The summed E-state index contributed by atoms with van der Waals surface area (Å²) in [5.74, 6) is -0.187. The summed E-state index contributed by atoms with van der Waals surface area (Å²) in [6.45, 7) is 21.9. The molecule has 58 heavy (non-hydrogen) atoms. The maximum Gasteiger partial charge on any atom is 0.264 e. The van der Waals surface area contributed by atoms with Gasteiger partial charge in [-0.2, -0.15) is 16.8 Å². The summed E-state index contributed by atoms with van der Waals surface area (Å²) in [6, 6.07) is 41.5. The Hall–Kier alpha value is -3.47. The second kappa shape index (κ2) is 21.7. The third kappa shape index (κ3) is 13.8. The summed E-state index contributed by atoms with van der Waals surface area (Å²) in [5, 5.41) is 4.51. The smallest absolute Gasteiger partial charge is 0.264 e. The first-order valence-electron chi connectivity index (χ1n) is 19.6. The van der Waals surface area contributed by atoms with Gasteiger partial charge in [0.05, 0.1) is 25.7 Å². The monoisotopic (exact) mass is 864 g/mol. The molecular formula is C46H64O8S2Si2. The van der Waals surface area contributed by atoms with Gasteiger partial charge in [0.15, 0.2) is 0 Å². The summed E-state index contributed by atoms with van der Waals surface area (Å²) < 4.78 is 69.7. The molecule has 0 spiro atoms. The SMILES string of the molecule is C=CC[C@@H](CO[Si](c1ccccc1)(c1ccccc1)C(C)(C)C)COS(C)(=O)=O.C=CC[C@H](CO[Si](c1ccccc1)(c1ccccc1)C(C)(C)C)COS(C)(=O)=O. The molecule has 0 fully saturated rings. The molecule has 0 saturated heterocycles. The molecule has 0 aliphatic heterocycles. The van der Waals surface area contributed by atoms with Gasteiger partial charge in [-0.3, -0.25) is 8.37 Å². The van der Waals surface area contributed by atoms with Gasteiger partial charge in [-0.1, -0.05) is 175 Å². The van der Waals surface area contributed by atoms with Crippen LogP contribution < -0.4 is 20.7 Å². The van der Waals surface area contributed by atoms with Crippen molar-refractivity contribution in [2.75, 3.05) is 38.9 Å². The van der Waals surface area contributed by atoms with E-state index in [4.69, 9.17) is 17.2 Å². The minimum Gasteiger partial charge on any atom is -0.407 e. The molecule has 0 amide bonds. The largest absolute Gasteiger partial charge is 0.407 e. The van der Waals surface area contributed by atoms with Crippen LogP contribution in [0.2, 0.25) is 10.1 Å². The van der Waals surface area contributed by atoms with Crippen molar-refractivity contribution in [2.24, 2.45) is 11.8 Å². The van der Waals surface area contributed by atoms with Crippen LogP contribution in [0.3, 0.4) is 0 Å². The van der Waals surface area contributed by atoms with Gasteiger partial charge in [0, 0.05) is 25.0 Å². The fourth-order valence-electron chi connectivity index (χ4n) is 7.29. The zero-order valence-corrected chi connectivity index (χ0v) is 39.2. The Bertz CT molecular complexity index is 1820. The molecule has 2 atom stereocenters. The van der Waals surface area contributed by atoms with Crippen LogP contribution in [0.4, 0.5) is 0 Å². The maximum atomic E-state index is 11.5. The molecule has 0 aromatic heterocycles. The average Bonchev–Trinajstić information content (AvgIpc) is 3.16. The lowest BCUT2D eigenvalue weighted by Crippen LogP contribution is -2.67. The van der Waals surface area contributed by atoms with E-state index in [2.05, 4.69) is 103 Å². The molecule has 0 saturated carbocycles. The highest BCUT2D eigenvalue weighted by Crippen LogP contribution is 2.38. The van der Waals surface area contributed by atoms with E-state index in [-0.39, 0.29) is 35.1 Å². The van der Waals surface area contributed by atoms with Crippen LogP contribution in [0.5, 0.6) is 0 Å². The van der Waals surface area contributed by atoms with Gasteiger partial charge in [-0.15, -0.1) is 13.2 Å². The van der Waals surface area contributed by atoms with E-state index >= 15 is 0 Å². The summed E-state index contributed by atoms with van der Waals surface area (Å²) >= 11 is 0. The summed E-state index contributed by atoms with van der Waals surface area (Å²) in [5.41, 5.74) is 0. The molecule has 316 valence electrons. The van der Waals surface area contributed by atoms with Crippen LogP contribution in [-0.2, 0) is 37.5 Å². The van der Waals surface area contributed by atoms with E-state index in [0.29, 0.717) is 26.1 Å². The molecule has 4 rings (SSSR count). The van der Waals surface area contributed by atoms with Crippen molar-refractivity contribution >= 4 is 57.6 Å². The summed E-state index contributed by atoms with van der Waals surface area (Å²) in [6.07, 6.45) is 6.94. The predicted octanol–water partition coefficient (Wildman–Crippen LogP) is 7.46. The Kier molecular flexibility index (Phi) is 18.3. The van der Waals surface area contributed by atoms with Crippen molar-refractivity contribution in [2.45, 2.75) is 64.5 Å². The molecule has 0 aliphatic carbocycles. The van der Waals surface area contributed by atoms with Gasteiger partial charge in [0.25, 0.3) is 36.9 Å². The van der Waals surface area contributed by atoms with Crippen LogP contribution in [0.15, 0.2) is 147 Å². The van der Waals surface area contributed by atoms with Gasteiger partial charge in [0.1, 0.15) is 0 Å². The Labute approximate surface area is 351 Å². The molecule has 0 radical (unpaired) electrons. The fraction of sp³-hybridized carbons (Fsp3) is 0.391. The van der Waals surface area contributed by atoms with E-state index in [0.717, 1.165) is 12.5 Å². The summed E-state index contributed by atoms with van der Waals surface area (Å²) in [4.78, 5) is 0. The normalized spacial score (nSPS) is 13.8. The minimum atomic E-state index is -3.50. The van der Waals surface area contributed by atoms with Crippen LogP contribution >= 0.6 is 0 Å². The lowest BCUT2D eigenvalue weighted by Gasteiger charge is -2.43. The standard InChI is InChI=1S/2C23H32O4SSi/c2*1-6-13-20(18-26-28(5,24)25)19-27-29(23(2,3)4,21-14-9-7-10-15-21)22-16-11-8-12-17-22/h2*6-12,14-17,20H,1,13,18-19H2,2-5H3/t2*20-/m10/s1. The van der Waals surface area contributed by atoms with Crippen LogP contribution in [0.25, 0.3) is 0 Å². The van der Waals surface area contributed by atoms with Gasteiger partial charge in [-0.05, 0) is 43.7 Å². The zero-order valence-electron chi connectivity index (χ0n) is 35.6. The quantitative estimate of drug-likeness (QED) is 0.0513. The second-order valence-corrected chi connectivity index (χ2v) is 28.6. The third-order valence-corrected chi connectivity index (χ3v) is 21.1. The van der Waals surface area contributed by atoms with Crippen molar-refractivity contribution in [3.05, 3.63) is 147 Å². The van der Waals surface area contributed by atoms with Crippen molar-refractivity contribution in [1.29, 1.82) is 0 Å². The number of allylic oxidation sites excluding steroid dienone is 2. The third-order valence-electron chi connectivity index (χ3n) is 9.94. The maximum absolute atomic E-state index is 11.5. The van der Waals surface area contributed by atoms with Crippen LogP contribution in [0, 0.1) is 11.8 Å². The van der Waals surface area contributed by atoms with E-state index in [1.54, 1.807) is 12.2 Å². The first kappa shape index (κ1) is 48.9. The van der Waals surface area contributed by atoms with E-state index in [9.17, 15) is 16.8 Å². The Morgan fingerprint density at radius 3 is 0.914 bits per heavy atom. The first-order chi connectivity index (χ1) is 27.2. The molecule has 4 aromatic rings. The van der Waals surface area contributed by atoms with Crippen LogP contribution in [-0.4, -0.2) is 72.4 Å². The van der Waals surface area contributed by atoms with Crippen molar-refractivity contribution < 1.29 is 34.1 Å². The first-order valence-corrected chi connectivity index (χ1v) is 27.1. The van der Waals surface area contributed by atoms with E-state index in [1.807, 2.05) is 72.8 Å². The number of hydrogen-bond donors (Lipinski definition) is 0. The highest BCUT2D eigenvalue weighted by molar-refractivity contribution is 7.86. The molecule has 12 heteroatoms. The van der Waals surface area contributed by atoms with E-state index < -0.39 is 36.9 Å². The van der Waals surface area contributed by atoms with E-state index in [1.165, 1.54) is 20.7 Å². The zero-order chi connectivity index (χ0) is 43.1. The van der Waals surface area contributed by atoms with Gasteiger partial charge >= 0.3 is 0 Å². The lowest BCUT2D eigenvalue weighted by atomic mass is 10.1. The van der Waals surface area contributed by atoms with Crippen molar-refractivity contribution in [3.8, 4) is 0 Å². The number of hydrogen-bond acceptors (Lipinski definition) is 8. The molecule has 4 aromatic carbocycles. The van der Waals surface area contributed by atoms with Gasteiger partial charge in [-0.25, -0.2) is 0 Å². The lowest BCUT2D eigenvalue weighted by molar-refractivity contribution is 0.175. The molecule has 0 heterocycles. The molecule has 0 unspecified atom stereocenters. The Morgan fingerprint density at radius 2 is 0.724 bits per heavy atom. The summed E-state index contributed by atoms with van der Waals surface area (Å²) in [7, 11) is -12.3. The molecular weight excluding hydrogens is 801 g/mol. The second-order valence-electron chi connectivity index (χ2n) is 16.7. The molecule has 0 aliphatic rings. The highest BCUT2D eigenvalue weighted by atomic mass is 32.2. The van der Waals surface area contributed by atoms with Crippen molar-refractivity contribution in [3.63, 3.8) is 0 Å². The molecule has 0 bridgehead atoms.